The van der Waals surface area contributed by atoms with Crippen LogP contribution in [0.15, 0.2) is 18.3 Å². The van der Waals surface area contributed by atoms with Gasteiger partial charge in [-0.1, -0.05) is 19.8 Å². The second-order valence-corrected chi connectivity index (χ2v) is 4.30. The number of rotatable bonds is 7. The molecule has 0 aromatic carbocycles. The Kier molecular flexibility index (Phi) is 5.64. The van der Waals surface area contributed by atoms with Gasteiger partial charge in [-0.15, -0.1) is 0 Å². The minimum Gasteiger partial charge on any atom is -0.480 e. The summed E-state index contributed by atoms with van der Waals surface area (Å²) in [6, 6.07) is 1.75. The Hall–Kier alpha value is -2.44. The molecule has 0 fully saturated rings. The van der Waals surface area contributed by atoms with Crippen LogP contribution in [0.5, 0.6) is 0 Å². The molecule has 7 nitrogen and oxygen atoms in total. The SMILES string of the molecule is CCCC[C@H](NC(=O)c1ccc(C(N)=O)cn1)C(=O)O. The molecule has 0 aliphatic carbocycles. The quantitative estimate of drug-likeness (QED) is 0.672. The standard InChI is InChI=1S/C13H17N3O4/c1-2-3-4-10(13(19)20)16-12(18)9-6-5-8(7-15-9)11(14)17/h5-7,10H,2-4H2,1H3,(H2,14,17)(H,16,18)(H,19,20)/t10-/m0/s1. The van der Waals surface area contributed by atoms with Crippen LogP contribution in [0.4, 0.5) is 0 Å². The minimum atomic E-state index is -1.08. The molecule has 7 heteroatoms. The van der Waals surface area contributed by atoms with E-state index in [4.69, 9.17) is 10.8 Å². The van der Waals surface area contributed by atoms with Crippen LogP contribution in [0.3, 0.4) is 0 Å². The summed E-state index contributed by atoms with van der Waals surface area (Å²) >= 11 is 0. The van der Waals surface area contributed by atoms with Crippen LogP contribution in [-0.4, -0.2) is 33.9 Å². The number of nitrogens with two attached hydrogens (primary N) is 1. The van der Waals surface area contributed by atoms with Crippen molar-refractivity contribution in [3.8, 4) is 0 Å². The first-order chi connectivity index (χ1) is 9.45. The molecule has 0 unspecified atom stereocenters. The number of aromatic nitrogens is 1. The smallest absolute Gasteiger partial charge is 0.326 e. The maximum Gasteiger partial charge on any atom is 0.326 e. The number of nitrogens with one attached hydrogen (secondary N) is 1. The first-order valence-electron chi connectivity index (χ1n) is 6.25. The molecule has 1 aromatic rings. The van der Waals surface area contributed by atoms with E-state index in [-0.39, 0.29) is 11.3 Å². The van der Waals surface area contributed by atoms with E-state index in [1.807, 2.05) is 6.92 Å². The maximum atomic E-state index is 11.9. The second kappa shape index (κ2) is 7.22. The molecular weight excluding hydrogens is 262 g/mol. The average molecular weight is 279 g/mol. The Balaban J connectivity index is 2.73. The number of nitrogens with zero attached hydrogens (tertiary/aromatic N) is 1. The Morgan fingerprint density at radius 3 is 2.55 bits per heavy atom. The molecule has 0 saturated heterocycles. The highest BCUT2D eigenvalue weighted by Gasteiger charge is 2.20. The van der Waals surface area contributed by atoms with Crippen molar-refractivity contribution in [1.82, 2.24) is 10.3 Å². The molecule has 0 saturated carbocycles. The third-order valence-electron chi connectivity index (χ3n) is 2.73. The lowest BCUT2D eigenvalue weighted by atomic mass is 10.1. The molecule has 0 radical (unpaired) electrons. The van der Waals surface area contributed by atoms with Crippen LogP contribution in [0, 0.1) is 0 Å². The number of hydrogen-bond acceptors (Lipinski definition) is 4. The summed E-state index contributed by atoms with van der Waals surface area (Å²) in [5, 5.41) is 11.4. The van der Waals surface area contributed by atoms with Crippen LogP contribution in [0.2, 0.25) is 0 Å². The highest BCUT2D eigenvalue weighted by atomic mass is 16.4. The number of carboxylic acid groups (broad SMARTS) is 1. The number of pyridine rings is 1. The Morgan fingerprint density at radius 1 is 1.40 bits per heavy atom. The topological polar surface area (TPSA) is 122 Å². The molecule has 4 N–H and O–H groups in total. The number of carbonyl (C=O) groups excluding carboxylic acids is 2. The fourth-order valence-electron chi connectivity index (χ4n) is 1.57. The fraction of sp³-hybridized carbons (Fsp3) is 0.385. The number of amides is 2. The van der Waals surface area contributed by atoms with Gasteiger partial charge in [-0.3, -0.25) is 14.6 Å². The molecule has 2 amide bonds. The van der Waals surface area contributed by atoms with Crippen LogP contribution in [-0.2, 0) is 4.79 Å². The molecule has 0 aliphatic rings. The van der Waals surface area contributed by atoms with E-state index in [9.17, 15) is 14.4 Å². The van der Waals surface area contributed by atoms with Gasteiger partial charge in [-0.05, 0) is 18.6 Å². The van der Waals surface area contributed by atoms with Gasteiger partial charge in [0.1, 0.15) is 11.7 Å². The molecule has 0 spiro atoms. The van der Waals surface area contributed by atoms with Gasteiger partial charge in [0.05, 0.1) is 5.56 Å². The largest absolute Gasteiger partial charge is 0.480 e. The summed E-state index contributed by atoms with van der Waals surface area (Å²) in [5.41, 5.74) is 5.28. The molecule has 1 heterocycles. The normalized spacial score (nSPS) is 11.7. The molecule has 20 heavy (non-hydrogen) atoms. The number of aliphatic carboxylic acids is 1. The predicted octanol–water partition coefficient (Wildman–Crippen LogP) is 0.554. The van der Waals surface area contributed by atoms with Gasteiger partial charge < -0.3 is 16.2 Å². The van der Waals surface area contributed by atoms with E-state index in [1.54, 1.807) is 0 Å². The molecule has 0 bridgehead atoms. The van der Waals surface area contributed by atoms with Crippen LogP contribution >= 0.6 is 0 Å². The second-order valence-electron chi connectivity index (χ2n) is 4.30. The number of hydrogen-bond donors (Lipinski definition) is 3. The fourth-order valence-corrected chi connectivity index (χ4v) is 1.57. The number of unbranched alkanes of at least 4 members (excludes halogenated alkanes) is 1. The summed E-state index contributed by atoms with van der Waals surface area (Å²) in [6.07, 6.45) is 3.08. The van der Waals surface area contributed by atoms with Crippen LogP contribution in [0.1, 0.15) is 47.0 Å². The third-order valence-corrected chi connectivity index (χ3v) is 2.73. The van der Waals surface area contributed by atoms with E-state index in [2.05, 4.69) is 10.3 Å². The van der Waals surface area contributed by atoms with E-state index < -0.39 is 23.8 Å². The molecule has 1 aromatic heterocycles. The average Bonchev–Trinajstić information content (AvgIpc) is 2.42. The van der Waals surface area contributed by atoms with Crippen molar-refractivity contribution in [1.29, 1.82) is 0 Å². The summed E-state index contributed by atoms with van der Waals surface area (Å²) in [7, 11) is 0. The zero-order chi connectivity index (χ0) is 15.1. The van der Waals surface area contributed by atoms with Crippen molar-refractivity contribution >= 4 is 17.8 Å². The van der Waals surface area contributed by atoms with Crippen molar-refractivity contribution in [2.75, 3.05) is 0 Å². The predicted molar refractivity (Wildman–Crippen MR) is 71.2 cm³/mol. The Morgan fingerprint density at radius 2 is 2.10 bits per heavy atom. The van der Waals surface area contributed by atoms with Gasteiger partial charge in [0.2, 0.25) is 5.91 Å². The van der Waals surface area contributed by atoms with Gasteiger partial charge >= 0.3 is 5.97 Å². The zero-order valence-electron chi connectivity index (χ0n) is 11.1. The van der Waals surface area contributed by atoms with Gasteiger partial charge in [0, 0.05) is 6.20 Å². The van der Waals surface area contributed by atoms with E-state index >= 15 is 0 Å². The van der Waals surface area contributed by atoms with Gasteiger partial charge in [-0.2, -0.15) is 0 Å². The molecular formula is C13H17N3O4. The lowest BCUT2D eigenvalue weighted by Gasteiger charge is -2.13. The number of primary amides is 1. The molecule has 1 atom stereocenters. The monoisotopic (exact) mass is 279 g/mol. The van der Waals surface area contributed by atoms with E-state index in [1.165, 1.54) is 18.3 Å². The van der Waals surface area contributed by atoms with Crippen molar-refractivity contribution in [3.05, 3.63) is 29.6 Å². The van der Waals surface area contributed by atoms with Crippen molar-refractivity contribution in [2.24, 2.45) is 5.73 Å². The van der Waals surface area contributed by atoms with Crippen LogP contribution < -0.4 is 11.1 Å². The zero-order valence-corrected chi connectivity index (χ0v) is 11.1. The van der Waals surface area contributed by atoms with Crippen LogP contribution in [0.25, 0.3) is 0 Å². The Labute approximate surface area is 116 Å². The van der Waals surface area contributed by atoms with E-state index in [0.717, 1.165) is 6.42 Å². The third kappa shape index (κ3) is 4.34. The lowest BCUT2D eigenvalue weighted by Crippen LogP contribution is -2.41. The van der Waals surface area contributed by atoms with Crippen molar-refractivity contribution in [2.45, 2.75) is 32.2 Å². The summed E-state index contributed by atoms with van der Waals surface area (Å²) in [6.45, 7) is 1.94. The van der Waals surface area contributed by atoms with Gasteiger partial charge in [0.25, 0.3) is 5.91 Å². The number of carbonyl (C=O) groups is 3. The first-order valence-corrected chi connectivity index (χ1v) is 6.25. The molecule has 0 aliphatic heterocycles. The van der Waals surface area contributed by atoms with Crippen molar-refractivity contribution < 1.29 is 19.5 Å². The van der Waals surface area contributed by atoms with Gasteiger partial charge in [-0.25, -0.2) is 4.79 Å². The molecule has 1 rings (SSSR count). The summed E-state index contributed by atoms with van der Waals surface area (Å²) in [5.74, 6) is -2.32. The van der Waals surface area contributed by atoms with Gasteiger partial charge in [0.15, 0.2) is 0 Å². The molecule has 108 valence electrons. The summed E-state index contributed by atoms with van der Waals surface area (Å²) in [4.78, 5) is 37.5. The summed E-state index contributed by atoms with van der Waals surface area (Å²) < 4.78 is 0. The highest BCUT2D eigenvalue weighted by Crippen LogP contribution is 2.04. The number of carboxylic acids is 1. The first kappa shape index (κ1) is 15.6. The minimum absolute atomic E-state index is 0.0396. The van der Waals surface area contributed by atoms with E-state index in [0.29, 0.717) is 12.8 Å². The lowest BCUT2D eigenvalue weighted by molar-refractivity contribution is -0.139. The Bertz CT molecular complexity index is 499. The maximum absolute atomic E-state index is 11.9. The highest BCUT2D eigenvalue weighted by molar-refractivity contribution is 5.96. The van der Waals surface area contributed by atoms with Crippen molar-refractivity contribution in [3.63, 3.8) is 0 Å².